The summed E-state index contributed by atoms with van der Waals surface area (Å²) in [5.74, 6) is 5.38. The molecule has 0 aliphatic rings. The Hall–Kier alpha value is -0.780. The first-order valence-corrected chi connectivity index (χ1v) is 8.24. The van der Waals surface area contributed by atoms with E-state index in [9.17, 15) is 0 Å². The number of rotatable bonds is 10. The van der Waals surface area contributed by atoms with E-state index in [4.69, 9.17) is 5.84 Å². The van der Waals surface area contributed by atoms with Gasteiger partial charge >= 0.3 is 0 Å². The molecule has 0 saturated carbocycles. The van der Waals surface area contributed by atoms with Crippen molar-refractivity contribution in [3.8, 4) is 0 Å². The van der Waals surface area contributed by atoms with Gasteiger partial charge in [0.2, 0.25) is 0 Å². The lowest BCUT2D eigenvalue weighted by molar-refractivity contribution is 0.615. The summed E-state index contributed by atoms with van der Waals surface area (Å²) in [6.45, 7) is 13.4. The van der Waals surface area contributed by atoms with Gasteiger partial charge in [-0.3, -0.25) is 5.84 Å². The maximum Gasteiger partial charge on any atom is 0.0415 e. The molecule has 0 spiro atoms. The molecule has 5 heteroatoms. The zero-order chi connectivity index (χ0) is 15.4. The predicted molar refractivity (Wildman–Crippen MR) is 99.8 cm³/mol. The van der Waals surface area contributed by atoms with Crippen molar-refractivity contribution in [3.05, 3.63) is 11.9 Å². The fourth-order valence-corrected chi connectivity index (χ4v) is 1.48. The molecule has 0 aromatic heterocycles. The van der Waals surface area contributed by atoms with Gasteiger partial charge in [0.25, 0.3) is 0 Å². The second kappa shape index (κ2) is 36.5. The molecule has 0 amide bonds. The van der Waals surface area contributed by atoms with Crippen molar-refractivity contribution in [1.82, 2.24) is 23.0 Å². The summed E-state index contributed by atoms with van der Waals surface area (Å²) >= 11 is 0. The number of nitrogens with two attached hydrogens (primary N) is 1. The van der Waals surface area contributed by atoms with Gasteiger partial charge < -0.3 is 23.0 Å². The number of unbranched alkanes of at least 4 members (excludes halogenated alkanes) is 4. The molecule has 0 unspecified atom stereocenters. The zero-order valence-electron chi connectivity index (χ0n) is 15.7. The Morgan fingerprint density at radius 1 is 0.857 bits per heavy atom. The molecule has 0 radical (unpaired) electrons. The van der Waals surface area contributed by atoms with E-state index in [0.717, 1.165) is 25.1 Å². The molecule has 134 valence electrons. The molecule has 0 rings (SSSR count). The fourth-order valence-electron chi connectivity index (χ4n) is 1.48. The molecule has 0 atom stereocenters. The second-order valence-corrected chi connectivity index (χ2v) is 3.93. The summed E-state index contributed by atoms with van der Waals surface area (Å²) < 4.78 is 0. The van der Waals surface area contributed by atoms with Crippen molar-refractivity contribution >= 4 is 0 Å². The standard InChI is InChI=1S/C12H27N3.2C2H6.2H3N/c1-3-5-6-7-8-10-14-11-12(15-13)9-4-2;2*1-2;;/h11,14-15H,3-10,13H2,1-2H3;2*1-2H3;2*1H3/b12-11-;;;;. The van der Waals surface area contributed by atoms with Crippen molar-refractivity contribution in [1.29, 1.82) is 0 Å². The second-order valence-electron chi connectivity index (χ2n) is 3.93. The van der Waals surface area contributed by atoms with E-state index < -0.39 is 0 Å². The average Bonchev–Trinajstić information content (AvgIpc) is 2.49. The van der Waals surface area contributed by atoms with Crippen LogP contribution in [-0.4, -0.2) is 6.54 Å². The van der Waals surface area contributed by atoms with Crippen LogP contribution in [0.1, 0.15) is 86.5 Å². The normalized spacial score (nSPS) is 8.81. The lowest BCUT2D eigenvalue weighted by atomic mass is 10.1. The Bertz CT molecular complexity index is 161. The molecule has 0 aromatic carbocycles. The Labute approximate surface area is 134 Å². The highest BCUT2D eigenvalue weighted by Gasteiger charge is 1.91. The third-order valence-electron chi connectivity index (χ3n) is 2.41. The topological polar surface area (TPSA) is 120 Å². The van der Waals surface area contributed by atoms with Crippen LogP contribution in [0.4, 0.5) is 0 Å². The molecule has 0 aliphatic carbocycles. The van der Waals surface area contributed by atoms with Gasteiger partial charge in [-0.15, -0.1) is 0 Å². The minimum Gasteiger partial charge on any atom is -0.389 e. The van der Waals surface area contributed by atoms with Crippen LogP contribution < -0.4 is 28.9 Å². The van der Waals surface area contributed by atoms with Gasteiger partial charge in [0.1, 0.15) is 0 Å². The molecule has 5 nitrogen and oxygen atoms in total. The van der Waals surface area contributed by atoms with Gasteiger partial charge in [0.05, 0.1) is 0 Å². The maximum absolute atomic E-state index is 5.38. The minimum absolute atomic E-state index is 0. The first kappa shape index (κ1) is 32.2. The van der Waals surface area contributed by atoms with Crippen molar-refractivity contribution in [3.63, 3.8) is 0 Å². The van der Waals surface area contributed by atoms with E-state index in [-0.39, 0.29) is 12.3 Å². The first-order chi connectivity index (χ1) is 9.35. The third kappa shape index (κ3) is 32.6. The fraction of sp³-hybridized carbons (Fsp3) is 0.875. The molecule has 21 heavy (non-hydrogen) atoms. The van der Waals surface area contributed by atoms with Gasteiger partial charge in [-0.25, -0.2) is 0 Å². The van der Waals surface area contributed by atoms with Crippen LogP contribution >= 0.6 is 0 Å². The summed E-state index contributed by atoms with van der Waals surface area (Å²) in [6.07, 6.45) is 10.7. The summed E-state index contributed by atoms with van der Waals surface area (Å²) in [5, 5.41) is 3.29. The first-order valence-electron chi connectivity index (χ1n) is 8.24. The van der Waals surface area contributed by atoms with Gasteiger partial charge in [0.15, 0.2) is 0 Å². The summed E-state index contributed by atoms with van der Waals surface area (Å²) in [5.41, 5.74) is 3.80. The SMILES string of the molecule is CC.CC.CCCCCCCN/C=C(/CCC)NN.N.N. The largest absolute Gasteiger partial charge is 0.389 e. The van der Waals surface area contributed by atoms with E-state index >= 15 is 0 Å². The molecule has 0 saturated heterocycles. The van der Waals surface area contributed by atoms with E-state index in [1.54, 1.807) is 0 Å². The molecular weight excluding hydrogens is 262 g/mol. The maximum atomic E-state index is 5.38. The number of hydrazine groups is 1. The molecule has 0 aromatic rings. The van der Waals surface area contributed by atoms with Crippen LogP contribution in [0.3, 0.4) is 0 Å². The quantitative estimate of drug-likeness (QED) is 0.220. The molecule has 0 heterocycles. The summed E-state index contributed by atoms with van der Waals surface area (Å²) in [7, 11) is 0. The molecular formula is C16H45N5. The molecule has 0 bridgehead atoms. The van der Waals surface area contributed by atoms with Gasteiger partial charge in [-0.05, 0) is 12.8 Å². The zero-order valence-corrected chi connectivity index (χ0v) is 15.7. The summed E-state index contributed by atoms with van der Waals surface area (Å²) in [6, 6.07) is 0. The Morgan fingerprint density at radius 3 is 1.81 bits per heavy atom. The van der Waals surface area contributed by atoms with Gasteiger partial charge in [0, 0.05) is 18.4 Å². The van der Waals surface area contributed by atoms with Crippen molar-refractivity contribution in [2.45, 2.75) is 86.5 Å². The van der Waals surface area contributed by atoms with Crippen molar-refractivity contribution in [2.24, 2.45) is 5.84 Å². The highest BCUT2D eigenvalue weighted by molar-refractivity contribution is 4.95. The van der Waals surface area contributed by atoms with Crippen LogP contribution in [-0.2, 0) is 0 Å². The van der Waals surface area contributed by atoms with Crippen LogP contribution in [0, 0.1) is 0 Å². The van der Waals surface area contributed by atoms with Crippen LogP contribution in [0.15, 0.2) is 11.9 Å². The smallest absolute Gasteiger partial charge is 0.0415 e. The monoisotopic (exact) mass is 307 g/mol. The van der Waals surface area contributed by atoms with Crippen LogP contribution in [0.2, 0.25) is 0 Å². The van der Waals surface area contributed by atoms with Crippen molar-refractivity contribution in [2.75, 3.05) is 6.54 Å². The minimum atomic E-state index is 0. The van der Waals surface area contributed by atoms with E-state index in [2.05, 4.69) is 24.6 Å². The lowest BCUT2D eigenvalue weighted by Crippen LogP contribution is -2.23. The molecule has 0 aliphatic heterocycles. The summed E-state index contributed by atoms with van der Waals surface area (Å²) in [4.78, 5) is 0. The molecule has 10 N–H and O–H groups in total. The van der Waals surface area contributed by atoms with E-state index in [1.807, 2.05) is 33.9 Å². The van der Waals surface area contributed by atoms with Crippen molar-refractivity contribution < 1.29 is 0 Å². The number of hydrogen-bond donors (Lipinski definition) is 5. The predicted octanol–water partition coefficient (Wildman–Crippen LogP) is 5.03. The van der Waals surface area contributed by atoms with Crippen LogP contribution in [0.5, 0.6) is 0 Å². The highest BCUT2D eigenvalue weighted by atomic mass is 15.2. The van der Waals surface area contributed by atoms with E-state index in [1.165, 1.54) is 32.1 Å². The highest BCUT2D eigenvalue weighted by Crippen LogP contribution is 2.01. The van der Waals surface area contributed by atoms with Gasteiger partial charge in [-0.1, -0.05) is 73.6 Å². The van der Waals surface area contributed by atoms with Crippen LogP contribution in [0.25, 0.3) is 0 Å². The number of nitrogens with one attached hydrogen (secondary N) is 2. The average molecular weight is 308 g/mol. The number of allylic oxidation sites excluding steroid dienone is 1. The lowest BCUT2D eigenvalue weighted by Gasteiger charge is -2.06. The number of hydrogen-bond acceptors (Lipinski definition) is 5. The Balaban J connectivity index is -0.000000130. The van der Waals surface area contributed by atoms with Gasteiger partial charge in [-0.2, -0.15) is 0 Å². The third-order valence-corrected chi connectivity index (χ3v) is 2.41. The van der Waals surface area contributed by atoms with E-state index in [0.29, 0.717) is 0 Å². The molecule has 0 fully saturated rings. The Kier molecular flexibility index (Phi) is 56.1. The Morgan fingerprint density at radius 2 is 1.38 bits per heavy atom.